The standard InChI is InChI=1S/C12H12N2OS3/c1-7-6-13-12(17-7)14-10(15)8(2)18-11(14)9-4-3-5-16-9/h3-6,8,11H,1-2H3/t8-,11-/m1/s1. The van der Waals surface area contributed by atoms with Crippen LogP contribution in [0, 0.1) is 6.92 Å². The molecule has 2 aromatic heterocycles. The molecule has 6 heteroatoms. The number of aryl methyl sites for hydroxylation is 1. The fourth-order valence-electron chi connectivity index (χ4n) is 1.90. The molecule has 18 heavy (non-hydrogen) atoms. The molecule has 0 spiro atoms. The number of rotatable bonds is 2. The van der Waals surface area contributed by atoms with Gasteiger partial charge in [0.25, 0.3) is 0 Å². The number of thiophene rings is 1. The molecule has 3 rings (SSSR count). The summed E-state index contributed by atoms with van der Waals surface area (Å²) in [6.07, 6.45) is 1.83. The van der Waals surface area contributed by atoms with E-state index in [0.717, 1.165) is 10.0 Å². The average Bonchev–Trinajstić information content (AvgIpc) is 3.02. The number of carbonyl (C=O) groups excluding carboxylic acids is 1. The van der Waals surface area contributed by atoms with E-state index in [0.29, 0.717) is 0 Å². The molecule has 0 bridgehead atoms. The van der Waals surface area contributed by atoms with Gasteiger partial charge < -0.3 is 0 Å². The molecule has 94 valence electrons. The molecule has 1 saturated heterocycles. The predicted molar refractivity (Wildman–Crippen MR) is 78.5 cm³/mol. The van der Waals surface area contributed by atoms with Crippen molar-refractivity contribution in [2.75, 3.05) is 4.90 Å². The summed E-state index contributed by atoms with van der Waals surface area (Å²) in [5, 5.41) is 2.95. The van der Waals surface area contributed by atoms with Crippen LogP contribution in [0.25, 0.3) is 0 Å². The number of anilines is 1. The molecule has 0 radical (unpaired) electrons. The van der Waals surface area contributed by atoms with Crippen LogP contribution >= 0.6 is 34.4 Å². The Kier molecular flexibility index (Phi) is 3.17. The molecule has 1 aliphatic rings. The van der Waals surface area contributed by atoms with Gasteiger partial charge in [0.15, 0.2) is 5.13 Å². The van der Waals surface area contributed by atoms with E-state index in [2.05, 4.69) is 16.4 Å². The fourth-order valence-corrected chi connectivity index (χ4v) is 4.94. The van der Waals surface area contributed by atoms with Gasteiger partial charge in [-0.25, -0.2) is 4.98 Å². The van der Waals surface area contributed by atoms with Crippen LogP contribution in [0.4, 0.5) is 5.13 Å². The summed E-state index contributed by atoms with van der Waals surface area (Å²) in [4.78, 5) is 20.8. The second-order valence-corrected chi connectivity index (χ2v) is 7.73. The Hall–Kier alpha value is -0.850. The van der Waals surface area contributed by atoms with Crippen molar-refractivity contribution in [2.24, 2.45) is 0 Å². The lowest BCUT2D eigenvalue weighted by Gasteiger charge is -2.19. The molecule has 0 N–H and O–H groups in total. The van der Waals surface area contributed by atoms with Gasteiger partial charge in [-0.3, -0.25) is 9.69 Å². The maximum atomic E-state index is 12.3. The van der Waals surface area contributed by atoms with Crippen LogP contribution in [0.1, 0.15) is 22.1 Å². The third kappa shape index (κ3) is 1.98. The largest absolute Gasteiger partial charge is 0.273 e. The first-order valence-electron chi connectivity index (χ1n) is 5.61. The molecule has 1 aliphatic heterocycles. The van der Waals surface area contributed by atoms with Gasteiger partial charge in [0.05, 0.1) is 5.25 Å². The second-order valence-electron chi connectivity index (χ2n) is 4.11. The Balaban J connectivity index is 2.00. The van der Waals surface area contributed by atoms with E-state index in [-0.39, 0.29) is 16.5 Å². The van der Waals surface area contributed by atoms with Gasteiger partial charge in [-0.1, -0.05) is 6.07 Å². The number of hydrogen-bond acceptors (Lipinski definition) is 5. The number of hydrogen-bond donors (Lipinski definition) is 0. The van der Waals surface area contributed by atoms with E-state index in [1.807, 2.05) is 31.0 Å². The number of carbonyl (C=O) groups is 1. The fraction of sp³-hybridized carbons (Fsp3) is 0.333. The lowest BCUT2D eigenvalue weighted by atomic mass is 10.3. The Morgan fingerprint density at radius 2 is 2.28 bits per heavy atom. The maximum absolute atomic E-state index is 12.3. The van der Waals surface area contributed by atoms with Crippen LogP contribution in [0.5, 0.6) is 0 Å². The maximum Gasteiger partial charge on any atom is 0.242 e. The molecule has 0 saturated carbocycles. The smallest absolute Gasteiger partial charge is 0.242 e. The first-order valence-corrected chi connectivity index (χ1v) is 8.25. The van der Waals surface area contributed by atoms with Crippen molar-refractivity contribution in [1.82, 2.24) is 4.98 Å². The highest BCUT2D eigenvalue weighted by Crippen LogP contribution is 2.47. The summed E-state index contributed by atoms with van der Waals surface area (Å²) >= 11 is 4.97. The highest BCUT2D eigenvalue weighted by molar-refractivity contribution is 8.01. The summed E-state index contributed by atoms with van der Waals surface area (Å²) in [5.41, 5.74) is 0. The summed E-state index contributed by atoms with van der Waals surface area (Å²) in [7, 11) is 0. The van der Waals surface area contributed by atoms with Crippen LogP contribution < -0.4 is 4.90 Å². The summed E-state index contributed by atoms with van der Waals surface area (Å²) in [5.74, 6) is 0.160. The van der Waals surface area contributed by atoms with Gasteiger partial charge in [-0.2, -0.15) is 0 Å². The minimum Gasteiger partial charge on any atom is -0.273 e. The van der Waals surface area contributed by atoms with E-state index in [9.17, 15) is 4.79 Å². The summed E-state index contributed by atoms with van der Waals surface area (Å²) < 4.78 is 0. The van der Waals surface area contributed by atoms with Gasteiger partial charge in [0.2, 0.25) is 5.91 Å². The molecule has 1 fully saturated rings. The van der Waals surface area contributed by atoms with Gasteiger partial charge in [-0.05, 0) is 25.3 Å². The third-order valence-corrected chi connectivity index (χ3v) is 6.07. The van der Waals surface area contributed by atoms with Crippen molar-refractivity contribution >= 4 is 45.5 Å². The molecule has 2 atom stereocenters. The number of thioether (sulfide) groups is 1. The highest BCUT2D eigenvalue weighted by Gasteiger charge is 2.41. The minimum atomic E-state index is 0.00121. The summed E-state index contributed by atoms with van der Waals surface area (Å²) in [6.45, 7) is 3.98. The van der Waals surface area contributed by atoms with Crippen molar-refractivity contribution in [3.8, 4) is 0 Å². The number of amides is 1. The van der Waals surface area contributed by atoms with E-state index in [1.165, 1.54) is 4.88 Å². The molecule has 3 nitrogen and oxygen atoms in total. The topological polar surface area (TPSA) is 33.2 Å². The molecule has 0 aliphatic carbocycles. The molecule has 1 amide bonds. The zero-order valence-electron chi connectivity index (χ0n) is 9.99. The van der Waals surface area contributed by atoms with Crippen LogP contribution in [-0.2, 0) is 4.79 Å². The van der Waals surface area contributed by atoms with Crippen molar-refractivity contribution in [3.05, 3.63) is 33.5 Å². The first-order chi connectivity index (χ1) is 8.66. The Morgan fingerprint density at radius 1 is 1.44 bits per heavy atom. The lowest BCUT2D eigenvalue weighted by molar-refractivity contribution is -0.117. The Morgan fingerprint density at radius 3 is 2.89 bits per heavy atom. The Bertz CT molecular complexity index is 564. The van der Waals surface area contributed by atoms with Gasteiger partial charge in [0, 0.05) is 16.0 Å². The van der Waals surface area contributed by atoms with Crippen molar-refractivity contribution in [1.29, 1.82) is 0 Å². The van der Waals surface area contributed by atoms with E-state index in [4.69, 9.17) is 0 Å². The van der Waals surface area contributed by atoms with Gasteiger partial charge in [-0.15, -0.1) is 34.4 Å². The summed E-state index contributed by atoms with van der Waals surface area (Å²) in [6, 6.07) is 4.11. The normalized spacial score (nSPS) is 23.9. The second kappa shape index (κ2) is 4.68. The lowest BCUT2D eigenvalue weighted by Crippen LogP contribution is -2.29. The van der Waals surface area contributed by atoms with Crippen molar-refractivity contribution in [3.63, 3.8) is 0 Å². The van der Waals surface area contributed by atoms with E-state index < -0.39 is 0 Å². The zero-order chi connectivity index (χ0) is 12.7. The van der Waals surface area contributed by atoms with Crippen LogP contribution in [0.3, 0.4) is 0 Å². The van der Waals surface area contributed by atoms with Crippen molar-refractivity contribution < 1.29 is 4.79 Å². The molecule has 0 aromatic carbocycles. The van der Waals surface area contributed by atoms with Crippen molar-refractivity contribution in [2.45, 2.75) is 24.5 Å². The molecular weight excluding hydrogens is 284 g/mol. The zero-order valence-corrected chi connectivity index (χ0v) is 12.4. The molecule has 2 aromatic rings. The number of nitrogens with zero attached hydrogens (tertiary/aromatic N) is 2. The quantitative estimate of drug-likeness (QED) is 0.847. The highest BCUT2D eigenvalue weighted by atomic mass is 32.2. The van der Waals surface area contributed by atoms with Crippen LogP contribution in [-0.4, -0.2) is 16.1 Å². The SMILES string of the molecule is Cc1cnc(N2C(=O)[C@@H](C)S[C@@H]2c2cccs2)s1. The van der Waals surface area contributed by atoms with Crippen LogP contribution in [0.15, 0.2) is 23.7 Å². The molecular formula is C12H12N2OS3. The molecule has 3 heterocycles. The predicted octanol–water partition coefficient (Wildman–Crippen LogP) is 3.68. The van der Waals surface area contributed by atoms with Gasteiger partial charge >= 0.3 is 0 Å². The van der Waals surface area contributed by atoms with Gasteiger partial charge in [0.1, 0.15) is 5.37 Å². The molecule has 0 unspecified atom stereocenters. The third-order valence-electron chi connectivity index (χ3n) is 2.75. The monoisotopic (exact) mass is 296 g/mol. The minimum absolute atomic E-state index is 0.00121. The number of thiazole rings is 1. The Labute approximate surface area is 118 Å². The van der Waals surface area contributed by atoms with E-state index in [1.54, 1.807) is 34.4 Å². The van der Waals surface area contributed by atoms with E-state index >= 15 is 0 Å². The van der Waals surface area contributed by atoms with Crippen LogP contribution in [0.2, 0.25) is 0 Å². The first kappa shape index (κ1) is 12.2. The average molecular weight is 296 g/mol. The number of aromatic nitrogens is 1.